The van der Waals surface area contributed by atoms with Crippen molar-refractivity contribution < 1.29 is 17.9 Å². The van der Waals surface area contributed by atoms with Gasteiger partial charge in [0.05, 0.1) is 10.9 Å². The number of fused-ring (bicyclic) bond motifs is 2. The molecule has 8 heteroatoms. The van der Waals surface area contributed by atoms with Crippen molar-refractivity contribution >= 4 is 21.6 Å². The lowest BCUT2D eigenvalue weighted by Gasteiger charge is -2.49. The smallest absolute Gasteiger partial charge is 0.243 e. The van der Waals surface area contributed by atoms with E-state index < -0.39 is 10.0 Å². The molecule has 0 N–H and O–H groups in total. The molecule has 1 unspecified atom stereocenters. The summed E-state index contributed by atoms with van der Waals surface area (Å²) in [5.41, 5.74) is 3.36. The lowest BCUT2D eigenvalue weighted by Crippen LogP contribution is -2.55. The third-order valence-corrected chi connectivity index (χ3v) is 10.2. The van der Waals surface area contributed by atoms with Crippen molar-refractivity contribution in [3.05, 3.63) is 113 Å². The summed E-state index contributed by atoms with van der Waals surface area (Å²) in [6.07, 6.45) is 4.29. The van der Waals surface area contributed by atoms with Crippen molar-refractivity contribution in [1.29, 1.82) is 0 Å². The Bertz CT molecular complexity index is 1420. The van der Waals surface area contributed by atoms with Gasteiger partial charge in [0.15, 0.2) is 5.76 Å². The Morgan fingerprint density at radius 1 is 0.921 bits per heavy atom. The zero-order valence-electron chi connectivity index (χ0n) is 21.1. The molecule has 38 heavy (non-hydrogen) atoms. The van der Waals surface area contributed by atoms with Crippen LogP contribution in [0.1, 0.15) is 29.5 Å². The number of nitrogens with zero attached hydrogens (tertiary/aromatic N) is 2. The van der Waals surface area contributed by atoms with Crippen LogP contribution in [0.2, 0.25) is 5.02 Å². The lowest BCUT2D eigenvalue weighted by atomic mass is 9.69. The molecular formula is C30H31ClN2O4S. The first kappa shape index (κ1) is 25.4. The van der Waals surface area contributed by atoms with Gasteiger partial charge in [-0.1, -0.05) is 66.2 Å². The van der Waals surface area contributed by atoms with Crippen LogP contribution in [0.4, 0.5) is 0 Å². The highest BCUT2D eigenvalue weighted by atomic mass is 35.5. The van der Waals surface area contributed by atoms with Crippen molar-refractivity contribution in [3.63, 3.8) is 0 Å². The first-order valence-corrected chi connectivity index (χ1v) is 14.8. The fourth-order valence-corrected chi connectivity index (χ4v) is 7.77. The van der Waals surface area contributed by atoms with Crippen LogP contribution in [0.25, 0.3) is 0 Å². The fraction of sp³-hybridized carbons (Fsp3) is 0.333. The van der Waals surface area contributed by atoms with Gasteiger partial charge in [-0.15, -0.1) is 0 Å². The monoisotopic (exact) mass is 550 g/mol. The van der Waals surface area contributed by atoms with Crippen LogP contribution >= 0.6 is 11.6 Å². The van der Waals surface area contributed by atoms with Crippen LogP contribution in [0.5, 0.6) is 0 Å². The molecule has 0 bridgehead atoms. The first-order valence-electron chi connectivity index (χ1n) is 13.0. The fourth-order valence-electron chi connectivity index (χ4n) is 6.13. The van der Waals surface area contributed by atoms with Crippen molar-refractivity contribution in [2.24, 2.45) is 0 Å². The van der Waals surface area contributed by atoms with Crippen LogP contribution in [0.3, 0.4) is 0 Å². The summed E-state index contributed by atoms with van der Waals surface area (Å²) in [4.78, 5) is 2.75. The Kier molecular flexibility index (Phi) is 6.95. The number of likely N-dealkylation sites (tertiary alicyclic amines) is 1. The second kappa shape index (κ2) is 10.4. The van der Waals surface area contributed by atoms with E-state index in [9.17, 15) is 8.42 Å². The van der Waals surface area contributed by atoms with E-state index in [1.165, 1.54) is 11.1 Å². The molecule has 3 aromatic carbocycles. The van der Waals surface area contributed by atoms with Gasteiger partial charge in [0.1, 0.15) is 6.26 Å². The molecule has 3 heterocycles. The molecule has 0 saturated carbocycles. The van der Waals surface area contributed by atoms with Crippen LogP contribution in [-0.2, 0) is 37.9 Å². The van der Waals surface area contributed by atoms with Crippen molar-refractivity contribution in [2.45, 2.75) is 42.2 Å². The van der Waals surface area contributed by atoms with E-state index in [1.54, 1.807) is 34.8 Å². The number of rotatable bonds is 6. The van der Waals surface area contributed by atoms with E-state index in [0.717, 1.165) is 43.7 Å². The number of hydrogen-bond donors (Lipinski definition) is 0. The Labute approximate surface area is 229 Å². The van der Waals surface area contributed by atoms with Gasteiger partial charge in [0.2, 0.25) is 16.8 Å². The number of hydrogen-bond acceptors (Lipinski definition) is 5. The zero-order valence-corrected chi connectivity index (χ0v) is 22.7. The number of sulfonamides is 1. The highest BCUT2D eigenvalue weighted by Crippen LogP contribution is 2.44. The maximum atomic E-state index is 13.7. The summed E-state index contributed by atoms with van der Waals surface area (Å²) in [6.45, 7) is 2.77. The molecule has 6 rings (SSSR count). The topological polar surface area (TPSA) is 59.1 Å². The average Bonchev–Trinajstić information content (AvgIpc) is 3.48. The predicted octanol–water partition coefficient (Wildman–Crippen LogP) is 5.34. The van der Waals surface area contributed by atoms with E-state index in [-0.39, 0.29) is 23.1 Å². The van der Waals surface area contributed by atoms with E-state index in [2.05, 4.69) is 47.4 Å². The van der Waals surface area contributed by atoms with Crippen molar-refractivity contribution in [3.8, 4) is 0 Å². The molecular weight excluding hydrogens is 520 g/mol. The summed E-state index contributed by atoms with van der Waals surface area (Å²) in [5, 5.41) is 0.522. The molecule has 0 aromatic heterocycles. The Hall–Kier alpha value is -2.84. The molecule has 1 fully saturated rings. The van der Waals surface area contributed by atoms with Crippen LogP contribution in [-0.4, -0.2) is 50.1 Å². The summed E-state index contributed by atoms with van der Waals surface area (Å²) >= 11 is 6.03. The van der Waals surface area contributed by atoms with Gasteiger partial charge in [-0.3, -0.25) is 4.90 Å². The third kappa shape index (κ3) is 4.84. The van der Waals surface area contributed by atoms with Gasteiger partial charge < -0.3 is 9.47 Å². The van der Waals surface area contributed by atoms with Gasteiger partial charge in [-0.05, 0) is 73.3 Å². The standard InChI is InChI=1S/C30H31ClN2O4S/c31-25-10-12-26(13-11-25)38(34,35)33-19-24-8-4-5-9-27(24)30(21-33)14-16-32(17-15-30)28(29-20-36-22-37-29)18-23-6-2-1-3-7-23/h1-13,20,28H,14-19,21-22H2. The molecule has 0 aliphatic carbocycles. The van der Waals surface area contributed by atoms with Crippen molar-refractivity contribution in [1.82, 2.24) is 9.21 Å². The van der Waals surface area contributed by atoms with Gasteiger partial charge in [-0.2, -0.15) is 4.31 Å². The largest absolute Gasteiger partial charge is 0.462 e. The SMILES string of the molecule is O=S(=O)(c1ccc(Cl)cc1)N1Cc2ccccc2C2(CCN(C(Cc3ccccc3)C3=COCO3)CC2)C1. The van der Waals surface area contributed by atoms with E-state index in [4.69, 9.17) is 21.1 Å². The highest BCUT2D eigenvalue weighted by Gasteiger charge is 2.46. The normalized spacial score (nSPS) is 20.3. The first-order chi connectivity index (χ1) is 18.4. The van der Waals surface area contributed by atoms with E-state index >= 15 is 0 Å². The number of piperidine rings is 1. The van der Waals surface area contributed by atoms with Gasteiger partial charge in [0.25, 0.3) is 0 Å². The molecule has 6 nitrogen and oxygen atoms in total. The highest BCUT2D eigenvalue weighted by molar-refractivity contribution is 7.89. The molecule has 3 aromatic rings. The third-order valence-electron chi connectivity index (χ3n) is 8.16. The Morgan fingerprint density at radius 2 is 1.63 bits per heavy atom. The summed E-state index contributed by atoms with van der Waals surface area (Å²) in [6, 6.07) is 25.3. The zero-order chi connectivity index (χ0) is 26.2. The summed E-state index contributed by atoms with van der Waals surface area (Å²) in [5.74, 6) is 0.862. The molecule has 1 atom stereocenters. The molecule has 0 radical (unpaired) electrons. The maximum absolute atomic E-state index is 13.7. The Morgan fingerprint density at radius 3 is 2.34 bits per heavy atom. The lowest BCUT2D eigenvalue weighted by molar-refractivity contribution is 0.0453. The minimum atomic E-state index is -3.67. The van der Waals surface area contributed by atoms with Gasteiger partial charge in [0, 0.05) is 23.5 Å². The molecule has 3 aliphatic rings. The van der Waals surface area contributed by atoms with E-state index in [0.29, 0.717) is 18.1 Å². The molecule has 0 amide bonds. The van der Waals surface area contributed by atoms with Crippen LogP contribution < -0.4 is 0 Å². The molecule has 3 aliphatic heterocycles. The Balaban J connectivity index is 1.27. The van der Waals surface area contributed by atoms with Gasteiger partial charge >= 0.3 is 0 Å². The summed E-state index contributed by atoms with van der Waals surface area (Å²) < 4.78 is 40.4. The van der Waals surface area contributed by atoms with Crippen LogP contribution in [0, 0.1) is 0 Å². The average molecular weight is 551 g/mol. The maximum Gasteiger partial charge on any atom is 0.243 e. The van der Waals surface area contributed by atoms with Crippen molar-refractivity contribution in [2.75, 3.05) is 26.4 Å². The van der Waals surface area contributed by atoms with Gasteiger partial charge in [-0.25, -0.2) is 8.42 Å². The minimum Gasteiger partial charge on any atom is -0.462 e. The quantitative estimate of drug-likeness (QED) is 0.415. The van der Waals surface area contributed by atoms with E-state index in [1.807, 2.05) is 12.1 Å². The molecule has 1 spiro atoms. The van der Waals surface area contributed by atoms with Crippen LogP contribution in [0.15, 0.2) is 95.8 Å². The molecule has 1 saturated heterocycles. The number of benzene rings is 3. The second-order valence-electron chi connectivity index (χ2n) is 10.4. The predicted molar refractivity (Wildman–Crippen MR) is 147 cm³/mol. The summed E-state index contributed by atoms with van der Waals surface area (Å²) in [7, 11) is -3.67. The minimum absolute atomic E-state index is 0.0741. The number of halogens is 1. The molecule has 198 valence electrons. The number of ether oxygens (including phenoxy) is 2. The second-order valence-corrected chi connectivity index (χ2v) is 12.7.